The van der Waals surface area contributed by atoms with Gasteiger partial charge in [-0.05, 0) is 42.3 Å². The van der Waals surface area contributed by atoms with Crippen LogP contribution < -0.4 is 10.1 Å². The molecule has 3 rings (SSSR count). The van der Waals surface area contributed by atoms with Gasteiger partial charge in [-0.25, -0.2) is 9.97 Å². The minimum Gasteiger partial charge on any atom is -0.489 e. The lowest BCUT2D eigenvalue weighted by atomic mass is 10.2. The SMILES string of the molecule is CCCCNc1ccnc(-c2ccc(OCc3ccccc3)cc2)n1. The van der Waals surface area contributed by atoms with Gasteiger partial charge in [0.15, 0.2) is 5.82 Å². The zero-order valence-corrected chi connectivity index (χ0v) is 14.5. The Bertz CT molecular complexity index is 773. The van der Waals surface area contributed by atoms with Gasteiger partial charge >= 0.3 is 0 Å². The van der Waals surface area contributed by atoms with Crippen LogP contribution in [-0.4, -0.2) is 16.5 Å². The van der Waals surface area contributed by atoms with E-state index < -0.39 is 0 Å². The number of nitrogens with one attached hydrogen (secondary N) is 1. The van der Waals surface area contributed by atoms with E-state index in [4.69, 9.17) is 4.74 Å². The van der Waals surface area contributed by atoms with Gasteiger partial charge in [0.05, 0.1) is 0 Å². The van der Waals surface area contributed by atoms with Gasteiger partial charge in [-0.3, -0.25) is 0 Å². The predicted octanol–water partition coefficient (Wildman–Crippen LogP) is 4.93. The summed E-state index contributed by atoms with van der Waals surface area (Å²) >= 11 is 0. The number of nitrogens with zero attached hydrogens (tertiary/aromatic N) is 2. The van der Waals surface area contributed by atoms with Crippen molar-refractivity contribution < 1.29 is 4.74 Å². The van der Waals surface area contributed by atoms with E-state index in [2.05, 4.69) is 34.3 Å². The van der Waals surface area contributed by atoms with Crippen LogP contribution in [0.5, 0.6) is 5.75 Å². The monoisotopic (exact) mass is 333 g/mol. The van der Waals surface area contributed by atoms with Crippen LogP contribution in [0.3, 0.4) is 0 Å². The molecule has 0 bridgehead atoms. The van der Waals surface area contributed by atoms with Crippen molar-refractivity contribution in [2.45, 2.75) is 26.4 Å². The van der Waals surface area contributed by atoms with Gasteiger partial charge in [0, 0.05) is 18.3 Å². The fourth-order valence-corrected chi connectivity index (χ4v) is 2.43. The summed E-state index contributed by atoms with van der Waals surface area (Å²) in [5.41, 5.74) is 2.13. The number of hydrogen-bond acceptors (Lipinski definition) is 4. The topological polar surface area (TPSA) is 47.0 Å². The smallest absolute Gasteiger partial charge is 0.161 e. The fraction of sp³-hybridized carbons (Fsp3) is 0.238. The quantitative estimate of drug-likeness (QED) is 0.593. The number of unbranched alkanes of at least 4 members (excludes halogenated alkanes) is 1. The Balaban J connectivity index is 1.62. The minimum atomic E-state index is 0.563. The van der Waals surface area contributed by atoms with E-state index in [1.165, 1.54) is 0 Å². The lowest BCUT2D eigenvalue weighted by Gasteiger charge is -2.08. The van der Waals surface area contributed by atoms with E-state index >= 15 is 0 Å². The van der Waals surface area contributed by atoms with Crippen molar-refractivity contribution in [3.63, 3.8) is 0 Å². The summed E-state index contributed by atoms with van der Waals surface area (Å²) in [4.78, 5) is 8.94. The molecule has 128 valence electrons. The van der Waals surface area contributed by atoms with Gasteiger partial charge in [0.25, 0.3) is 0 Å². The van der Waals surface area contributed by atoms with E-state index in [-0.39, 0.29) is 0 Å². The molecule has 0 spiro atoms. The zero-order valence-electron chi connectivity index (χ0n) is 14.5. The van der Waals surface area contributed by atoms with Gasteiger partial charge < -0.3 is 10.1 Å². The highest BCUT2D eigenvalue weighted by Gasteiger charge is 2.04. The van der Waals surface area contributed by atoms with Crippen molar-refractivity contribution in [2.24, 2.45) is 0 Å². The van der Waals surface area contributed by atoms with E-state index in [1.54, 1.807) is 6.20 Å². The number of benzene rings is 2. The first-order valence-electron chi connectivity index (χ1n) is 8.69. The molecule has 0 amide bonds. The molecule has 4 heteroatoms. The second-order valence-electron chi connectivity index (χ2n) is 5.84. The number of aromatic nitrogens is 2. The van der Waals surface area contributed by atoms with Crippen molar-refractivity contribution in [3.05, 3.63) is 72.4 Å². The molecular weight excluding hydrogens is 310 g/mol. The molecule has 0 atom stereocenters. The van der Waals surface area contributed by atoms with Crippen LogP contribution in [0.2, 0.25) is 0 Å². The van der Waals surface area contributed by atoms with Crippen molar-refractivity contribution in [3.8, 4) is 17.1 Å². The van der Waals surface area contributed by atoms with Gasteiger partial charge in [0.2, 0.25) is 0 Å². The summed E-state index contributed by atoms with van der Waals surface area (Å²) in [6.45, 7) is 3.67. The molecule has 1 aromatic heterocycles. The first-order chi connectivity index (χ1) is 12.3. The Labute approximate surface area is 148 Å². The molecule has 0 fully saturated rings. The van der Waals surface area contributed by atoms with Crippen LogP contribution >= 0.6 is 0 Å². The summed E-state index contributed by atoms with van der Waals surface area (Å²) in [5, 5.41) is 3.33. The first-order valence-corrected chi connectivity index (χ1v) is 8.69. The number of ether oxygens (including phenoxy) is 1. The molecule has 25 heavy (non-hydrogen) atoms. The standard InChI is InChI=1S/C21H23N3O/c1-2-3-14-22-20-13-15-23-21(24-20)18-9-11-19(12-10-18)25-16-17-7-5-4-6-8-17/h4-13,15H,2-3,14,16H2,1H3,(H,22,23,24). The third-order valence-electron chi connectivity index (χ3n) is 3.85. The summed E-state index contributed by atoms with van der Waals surface area (Å²) in [6, 6.07) is 19.9. The molecule has 4 nitrogen and oxygen atoms in total. The summed E-state index contributed by atoms with van der Waals surface area (Å²) in [5.74, 6) is 2.42. The molecule has 0 aliphatic heterocycles. The molecule has 0 aliphatic carbocycles. The highest BCUT2D eigenvalue weighted by atomic mass is 16.5. The summed E-state index contributed by atoms with van der Waals surface area (Å²) in [6.07, 6.45) is 4.08. The van der Waals surface area contributed by atoms with E-state index in [0.29, 0.717) is 6.61 Å². The van der Waals surface area contributed by atoms with Crippen LogP contribution in [0, 0.1) is 0 Å². The molecule has 0 aliphatic rings. The molecule has 1 N–H and O–H groups in total. The normalized spacial score (nSPS) is 10.4. The lowest BCUT2D eigenvalue weighted by Crippen LogP contribution is -2.03. The number of rotatable bonds is 8. The molecule has 0 radical (unpaired) electrons. The fourth-order valence-electron chi connectivity index (χ4n) is 2.43. The molecule has 3 aromatic rings. The highest BCUT2D eigenvalue weighted by Crippen LogP contribution is 2.21. The highest BCUT2D eigenvalue weighted by molar-refractivity contribution is 5.58. The Morgan fingerprint density at radius 3 is 2.52 bits per heavy atom. The molecular formula is C21H23N3O. The zero-order chi connectivity index (χ0) is 17.3. The number of hydrogen-bond donors (Lipinski definition) is 1. The summed E-state index contributed by atoms with van der Waals surface area (Å²) < 4.78 is 5.82. The molecule has 0 unspecified atom stereocenters. The van der Waals surface area contributed by atoms with Crippen LogP contribution in [0.15, 0.2) is 66.9 Å². The van der Waals surface area contributed by atoms with Gasteiger partial charge in [-0.1, -0.05) is 43.7 Å². The maximum Gasteiger partial charge on any atom is 0.161 e. The van der Waals surface area contributed by atoms with Crippen molar-refractivity contribution >= 4 is 5.82 Å². The van der Waals surface area contributed by atoms with Crippen molar-refractivity contribution in [2.75, 3.05) is 11.9 Å². The van der Waals surface area contributed by atoms with Crippen LogP contribution in [0.1, 0.15) is 25.3 Å². The average Bonchev–Trinajstić information content (AvgIpc) is 2.68. The second-order valence-corrected chi connectivity index (χ2v) is 5.84. The third kappa shape index (κ3) is 5.05. The molecule has 0 saturated heterocycles. The van der Waals surface area contributed by atoms with E-state index in [1.807, 2.05) is 48.5 Å². The largest absolute Gasteiger partial charge is 0.489 e. The van der Waals surface area contributed by atoms with Crippen molar-refractivity contribution in [1.29, 1.82) is 0 Å². The Morgan fingerprint density at radius 2 is 1.76 bits per heavy atom. The Kier molecular flexibility index (Phi) is 5.99. The molecule has 0 saturated carbocycles. The van der Waals surface area contributed by atoms with Crippen LogP contribution in [0.4, 0.5) is 5.82 Å². The maximum absolute atomic E-state index is 5.82. The average molecular weight is 333 g/mol. The first kappa shape index (κ1) is 17.0. The van der Waals surface area contributed by atoms with Gasteiger partial charge in [-0.2, -0.15) is 0 Å². The van der Waals surface area contributed by atoms with Gasteiger partial charge in [0.1, 0.15) is 18.2 Å². The van der Waals surface area contributed by atoms with Crippen LogP contribution in [-0.2, 0) is 6.61 Å². The molecule has 2 aromatic carbocycles. The predicted molar refractivity (Wildman–Crippen MR) is 102 cm³/mol. The second kappa shape index (κ2) is 8.83. The van der Waals surface area contributed by atoms with Crippen LogP contribution in [0.25, 0.3) is 11.4 Å². The summed E-state index contributed by atoms with van der Waals surface area (Å²) in [7, 11) is 0. The third-order valence-corrected chi connectivity index (χ3v) is 3.85. The lowest BCUT2D eigenvalue weighted by molar-refractivity contribution is 0.306. The Morgan fingerprint density at radius 1 is 0.960 bits per heavy atom. The maximum atomic E-state index is 5.82. The minimum absolute atomic E-state index is 0.563. The van der Waals surface area contributed by atoms with E-state index in [9.17, 15) is 0 Å². The molecule has 1 heterocycles. The van der Waals surface area contributed by atoms with Gasteiger partial charge in [-0.15, -0.1) is 0 Å². The number of anilines is 1. The van der Waals surface area contributed by atoms with E-state index in [0.717, 1.165) is 47.9 Å². The van der Waals surface area contributed by atoms with Crippen molar-refractivity contribution in [1.82, 2.24) is 9.97 Å². The Hall–Kier alpha value is -2.88.